The van der Waals surface area contributed by atoms with E-state index in [2.05, 4.69) is 43.4 Å². The monoisotopic (exact) mass is 179 g/mol. The van der Waals surface area contributed by atoms with E-state index in [4.69, 9.17) is 0 Å². The maximum Gasteiger partial charge on any atom is 0.0949 e. The normalized spacial score (nSPS) is 12.0. The van der Waals surface area contributed by atoms with E-state index in [9.17, 15) is 0 Å². The predicted molar refractivity (Wildman–Crippen MR) is 55.4 cm³/mol. The largest absolute Gasteiger partial charge is 0.337 e. The zero-order valence-electron chi connectivity index (χ0n) is 8.88. The summed E-state index contributed by atoms with van der Waals surface area (Å²) in [5.41, 5.74) is 1.47. The van der Waals surface area contributed by atoms with Crippen molar-refractivity contribution in [2.75, 3.05) is 0 Å². The van der Waals surface area contributed by atoms with Crippen LogP contribution < -0.4 is 0 Å². The van der Waals surface area contributed by atoms with Gasteiger partial charge in [-0.1, -0.05) is 27.7 Å². The van der Waals surface area contributed by atoms with Crippen molar-refractivity contribution in [1.29, 1.82) is 0 Å². The Labute approximate surface area is 81.0 Å². The molecule has 1 aromatic heterocycles. The summed E-state index contributed by atoms with van der Waals surface area (Å²) in [5, 5.41) is 0. The van der Waals surface area contributed by atoms with Crippen molar-refractivity contribution in [3.05, 3.63) is 25.1 Å². The molecule has 0 fully saturated rings. The Morgan fingerprint density at radius 3 is 2.69 bits per heavy atom. The van der Waals surface area contributed by atoms with Crippen LogP contribution in [0.3, 0.4) is 0 Å². The van der Waals surface area contributed by atoms with Crippen molar-refractivity contribution in [3.8, 4) is 0 Å². The van der Waals surface area contributed by atoms with E-state index < -0.39 is 0 Å². The third-order valence-electron chi connectivity index (χ3n) is 1.78. The van der Waals surface area contributed by atoms with Gasteiger partial charge >= 0.3 is 0 Å². The average Bonchev–Trinajstić information content (AvgIpc) is 2.33. The van der Waals surface area contributed by atoms with Gasteiger partial charge in [-0.15, -0.1) is 0 Å². The first kappa shape index (κ1) is 10.3. The Kier molecular flexibility index (Phi) is 3.12. The molecule has 0 saturated carbocycles. The van der Waals surface area contributed by atoms with Crippen molar-refractivity contribution in [2.45, 2.75) is 40.2 Å². The van der Waals surface area contributed by atoms with Crippen LogP contribution in [0, 0.1) is 12.3 Å². The van der Waals surface area contributed by atoms with Gasteiger partial charge in [-0.2, -0.15) is 0 Å². The average molecular weight is 179 g/mol. The minimum absolute atomic E-state index is 0.322. The van der Waals surface area contributed by atoms with Crippen LogP contribution in [0.4, 0.5) is 0 Å². The molecular weight excluding hydrogens is 160 g/mol. The van der Waals surface area contributed by atoms with Crippen LogP contribution in [0.1, 0.15) is 32.9 Å². The van der Waals surface area contributed by atoms with Gasteiger partial charge in [0.25, 0.3) is 0 Å². The molecule has 0 aliphatic carbocycles. The minimum Gasteiger partial charge on any atom is -0.337 e. The van der Waals surface area contributed by atoms with Crippen LogP contribution in [0.5, 0.6) is 0 Å². The molecule has 73 valence electrons. The highest BCUT2D eigenvalue weighted by Gasteiger charge is 2.10. The molecule has 2 heteroatoms. The van der Waals surface area contributed by atoms with Crippen LogP contribution in [0.2, 0.25) is 0 Å². The topological polar surface area (TPSA) is 17.8 Å². The molecule has 0 atom stereocenters. The number of hydrogen-bond donors (Lipinski definition) is 0. The van der Waals surface area contributed by atoms with E-state index in [1.165, 1.54) is 0 Å². The quantitative estimate of drug-likeness (QED) is 0.697. The summed E-state index contributed by atoms with van der Waals surface area (Å²) >= 11 is 0. The Morgan fingerprint density at radius 2 is 2.15 bits per heavy atom. The minimum atomic E-state index is 0.322. The lowest BCUT2D eigenvalue weighted by atomic mass is 9.97. The third-order valence-corrected chi connectivity index (χ3v) is 1.78. The van der Waals surface area contributed by atoms with Crippen molar-refractivity contribution < 1.29 is 0 Å². The molecular formula is C11H19N2. The van der Waals surface area contributed by atoms with Gasteiger partial charge in [-0.05, 0) is 18.3 Å². The lowest BCUT2D eigenvalue weighted by Crippen LogP contribution is -2.13. The Bertz CT molecular complexity index is 255. The number of rotatable bonds is 3. The van der Waals surface area contributed by atoms with E-state index in [1.54, 1.807) is 0 Å². The van der Waals surface area contributed by atoms with Crippen molar-refractivity contribution in [3.63, 3.8) is 0 Å². The highest BCUT2D eigenvalue weighted by molar-refractivity contribution is 4.97. The van der Waals surface area contributed by atoms with Gasteiger partial charge in [0.15, 0.2) is 0 Å². The molecule has 1 rings (SSSR count). The van der Waals surface area contributed by atoms with Crippen molar-refractivity contribution >= 4 is 0 Å². The molecule has 0 unspecified atom stereocenters. The fraction of sp³-hybridized carbons (Fsp3) is 0.636. The van der Waals surface area contributed by atoms with Gasteiger partial charge < -0.3 is 4.57 Å². The van der Waals surface area contributed by atoms with E-state index in [0.717, 1.165) is 25.1 Å². The molecule has 1 aromatic rings. The van der Waals surface area contributed by atoms with Gasteiger partial charge in [0, 0.05) is 12.7 Å². The van der Waals surface area contributed by atoms with Gasteiger partial charge in [0.05, 0.1) is 12.0 Å². The van der Waals surface area contributed by atoms with Crippen LogP contribution >= 0.6 is 0 Å². The first-order chi connectivity index (χ1) is 6.01. The Morgan fingerprint density at radius 1 is 1.46 bits per heavy atom. The fourth-order valence-corrected chi connectivity index (χ4v) is 1.35. The number of aryl methyl sites for hydroxylation is 1. The Balaban J connectivity index is 2.59. The molecule has 0 aliphatic heterocycles. The summed E-state index contributed by atoms with van der Waals surface area (Å²) < 4.78 is 2.16. The summed E-state index contributed by atoms with van der Waals surface area (Å²) in [6.45, 7) is 11.5. The van der Waals surface area contributed by atoms with Crippen LogP contribution in [-0.4, -0.2) is 9.55 Å². The molecule has 0 spiro atoms. The number of aromatic nitrogens is 2. The van der Waals surface area contributed by atoms with E-state index in [-0.39, 0.29) is 0 Å². The van der Waals surface area contributed by atoms with Crippen LogP contribution in [0.15, 0.2) is 12.5 Å². The Hall–Kier alpha value is -0.790. The summed E-state index contributed by atoms with van der Waals surface area (Å²) in [6.07, 6.45) is 5.94. The summed E-state index contributed by atoms with van der Waals surface area (Å²) in [7, 11) is 0. The van der Waals surface area contributed by atoms with Gasteiger partial charge in [-0.25, -0.2) is 4.98 Å². The zero-order chi connectivity index (χ0) is 9.90. The van der Waals surface area contributed by atoms with Gasteiger partial charge in [0.2, 0.25) is 0 Å². The standard InChI is InChI=1S/C11H19N2/c1-5-6-10-7-13(9-12-10)8-11(2,3)4/h7,9H,1,5-6,8H2,2-4H3. The number of hydrogen-bond acceptors (Lipinski definition) is 1. The lowest BCUT2D eigenvalue weighted by molar-refractivity contribution is 0.343. The molecule has 0 bridgehead atoms. The molecule has 0 amide bonds. The maximum atomic E-state index is 4.31. The first-order valence-electron chi connectivity index (χ1n) is 4.81. The second-order valence-electron chi connectivity index (χ2n) is 4.70. The molecule has 1 heterocycles. The second-order valence-corrected chi connectivity index (χ2v) is 4.70. The predicted octanol–water partition coefficient (Wildman–Crippen LogP) is 2.70. The van der Waals surface area contributed by atoms with Crippen molar-refractivity contribution in [1.82, 2.24) is 9.55 Å². The lowest BCUT2D eigenvalue weighted by Gasteiger charge is -2.18. The van der Waals surface area contributed by atoms with Crippen LogP contribution in [0.25, 0.3) is 0 Å². The highest BCUT2D eigenvalue weighted by atomic mass is 15.0. The smallest absolute Gasteiger partial charge is 0.0949 e. The summed E-state index contributed by atoms with van der Waals surface area (Å²) in [6, 6.07) is 0. The molecule has 0 aromatic carbocycles. The maximum absolute atomic E-state index is 4.31. The number of nitrogens with zero attached hydrogens (tertiary/aromatic N) is 2. The van der Waals surface area contributed by atoms with E-state index in [1.807, 2.05) is 6.33 Å². The second kappa shape index (κ2) is 3.95. The SMILES string of the molecule is [CH2]CCc1cn(CC(C)(C)C)cn1. The number of imidazole rings is 1. The molecule has 0 saturated heterocycles. The third kappa shape index (κ3) is 3.62. The zero-order valence-corrected chi connectivity index (χ0v) is 8.88. The van der Waals surface area contributed by atoms with Crippen molar-refractivity contribution in [2.24, 2.45) is 5.41 Å². The summed E-state index contributed by atoms with van der Waals surface area (Å²) in [5.74, 6) is 0. The van der Waals surface area contributed by atoms with Crippen LogP contribution in [-0.2, 0) is 13.0 Å². The van der Waals surface area contributed by atoms with E-state index in [0.29, 0.717) is 5.41 Å². The molecule has 0 aliphatic rings. The molecule has 13 heavy (non-hydrogen) atoms. The highest BCUT2D eigenvalue weighted by Crippen LogP contribution is 2.16. The van der Waals surface area contributed by atoms with Gasteiger partial charge in [-0.3, -0.25) is 0 Å². The molecule has 2 nitrogen and oxygen atoms in total. The molecule has 1 radical (unpaired) electrons. The first-order valence-corrected chi connectivity index (χ1v) is 4.81. The molecule has 0 N–H and O–H groups in total. The van der Waals surface area contributed by atoms with E-state index >= 15 is 0 Å². The van der Waals surface area contributed by atoms with Gasteiger partial charge in [0.1, 0.15) is 0 Å². The summed E-state index contributed by atoms with van der Waals surface area (Å²) in [4.78, 5) is 4.31. The fourth-order valence-electron chi connectivity index (χ4n) is 1.35.